The van der Waals surface area contributed by atoms with Crippen LogP contribution in [0.3, 0.4) is 0 Å². The van der Waals surface area contributed by atoms with Gasteiger partial charge in [0.15, 0.2) is 12.6 Å². The minimum absolute atomic E-state index is 0.0139. The van der Waals surface area contributed by atoms with Crippen molar-refractivity contribution in [2.45, 2.75) is 38.4 Å². The molecule has 1 fully saturated rings. The molecule has 1 aliphatic carbocycles. The Morgan fingerprint density at radius 3 is 2.58 bits per heavy atom. The van der Waals surface area contributed by atoms with Crippen molar-refractivity contribution in [1.82, 2.24) is 14.4 Å². The lowest BCUT2D eigenvalue weighted by Gasteiger charge is -2.18. The van der Waals surface area contributed by atoms with Gasteiger partial charge in [-0.1, -0.05) is 59.6 Å². The molecule has 5 aromatic rings. The molecule has 9 heteroatoms. The van der Waals surface area contributed by atoms with Gasteiger partial charge in [-0.3, -0.25) is 19.0 Å². The van der Waals surface area contributed by atoms with Crippen molar-refractivity contribution >= 4 is 35.1 Å². The minimum atomic E-state index is -0.404. The number of rotatable bonds is 6. The number of benzene rings is 2. The molecular formula is C34H27Cl2N3O4. The summed E-state index contributed by atoms with van der Waals surface area (Å²) in [5.41, 5.74) is 9.00. The van der Waals surface area contributed by atoms with E-state index in [4.69, 9.17) is 37.7 Å². The number of hydrogen-bond donors (Lipinski definition) is 0. The average Bonchev–Trinajstić information content (AvgIpc) is 3.70. The number of nitrogens with zero attached hydrogens (tertiary/aromatic N) is 3. The molecule has 1 atom stereocenters. The first-order valence-electron chi connectivity index (χ1n) is 14.2. The molecule has 216 valence electrons. The Hall–Kier alpha value is -3.88. The summed E-state index contributed by atoms with van der Waals surface area (Å²) in [6, 6.07) is 18.0. The Balaban J connectivity index is 1.21. The molecule has 0 N–H and O–H groups in total. The lowest BCUT2D eigenvalue weighted by molar-refractivity contribution is -0.0448. The molecule has 1 saturated heterocycles. The zero-order valence-electron chi connectivity index (χ0n) is 23.3. The standard InChI is InChI=1S/C34H27Cl2N3O4/c1-19-28(34-42-12-13-43-34)16-29(35)30(38-19)14-20-8-9-26-23(20)4-2-6-25(26)27-7-3-5-24(32(27)36)21-10-11-39-31(15-21)37-17-22(18-40)33(39)41/h2-7,10-11,15-18,20,34H,8-9,12-14H2,1H3. The van der Waals surface area contributed by atoms with Crippen molar-refractivity contribution in [2.24, 2.45) is 0 Å². The molecule has 0 amide bonds. The van der Waals surface area contributed by atoms with E-state index in [9.17, 15) is 9.59 Å². The van der Waals surface area contributed by atoms with Crippen LogP contribution < -0.4 is 5.56 Å². The third-order valence-corrected chi connectivity index (χ3v) is 9.19. The van der Waals surface area contributed by atoms with Gasteiger partial charge in [0.05, 0.1) is 34.5 Å². The van der Waals surface area contributed by atoms with Crippen molar-refractivity contribution in [1.29, 1.82) is 0 Å². The lowest BCUT2D eigenvalue weighted by Crippen LogP contribution is -2.18. The number of ether oxygens (including phenoxy) is 2. The third kappa shape index (κ3) is 4.96. The fourth-order valence-electron chi connectivity index (χ4n) is 6.30. The van der Waals surface area contributed by atoms with E-state index >= 15 is 0 Å². The van der Waals surface area contributed by atoms with E-state index < -0.39 is 11.8 Å². The number of carbonyl (C=O) groups is 1. The fraction of sp³-hybridized carbons (Fsp3) is 0.235. The highest BCUT2D eigenvalue weighted by atomic mass is 35.5. The van der Waals surface area contributed by atoms with Gasteiger partial charge < -0.3 is 9.47 Å². The van der Waals surface area contributed by atoms with Gasteiger partial charge in [0.25, 0.3) is 5.56 Å². The van der Waals surface area contributed by atoms with E-state index in [0.717, 1.165) is 58.5 Å². The summed E-state index contributed by atoms with van der Waals surface area (Å²) in [5.74, 6) is 0.285. The van der Waals surface area contributed by atoms with Gasteiger partial charge in [-0.2, -0.15) is 0 Å². The summed E-state index contributed by atoms with van der Waals surface area (Å²) in [6.07, 6.45) is 5.70. The van der Waals surface area contributed by atoms with Crippen LogP contribution in [0.2, 0.25) is 10.0 Å². The van der Waals surface area contributed by atoms with Crippen LogP contribution in [0.1, 0.15) is 57.1 Å². The molecule has 7 nitrogen and oxygen atoms in total. The van der Waals surface area contributed by atoms with Crippen molar-refractivity contribution in [2.75, 3.05) is 13.2 Å². The van der Waals surface area contributed by atoms with Crippen LogP contribution in [-0.2, 0) is 22.3 Å². The highest BCUT2D eigenvalue weighted by Crippen LogP contribution is 2.44. The summed E-state index contributed by atoms with van der Waals surface area (Å²) in [6.45, 7) is 3.12. The maximum Gasteiger partial charge on any atom is 0.268 e. The van der Waals surface area contributed by atoms with E-state index in [0.29, 0.717) is 35.2 Å². The molecule has 7 rings (SSSR count). The molecule has 0 saturated carbocycles. The third-order valence-electron chi connectivity index (χ3n) is 8.45. The maximum atomic E-state index is 12.5. The SMILES string of the molecule is Cc1nc(CC2CCc3c(-c4cccc(-c5ccn6c(=O)c(C=O)cnc6c5)c4Cl)cccc32)c(Cl)cc1C1OCCO1. The van der Waals surface area contributed by atoms with Crippen molar-refractivity contribution in [3.05, 3.63) is 121 Å². The Labute approximate surface area is 258 Å². The predicted octanol–water partition coefficient (Wildman–Crippen LogP) is 7.17. The number of pyridine rings is 2. The number of fused-ring (bicyclic) bond motifs is 2. The van der Waals surface area contributed by atoms with Crippen LogP contribution >= 0.6 is 23.2 Å². The number of halogens is 2. The lowest BCUT2D eigenvalue weighted by atomic mass is 9.91. The molecule has 3 aromatic heterocycles. The summed E-state index contributed by atoms with van der Waals surface area (Å²) in [5, 5.41) is 1.26. The number of carbonyl (C=O) groups excluding carboxylic acids is 1. The van der Waals surface area contributed by atoms with Crippen molar-refractivity contribution in [3.63, 3.8) is 0 Å². The monoisotopic (exact) mass is 611 g/mol. The number of aryl methyl sites for hydroxylation is 1. The highest BCUT2D eigenvalue weighted by molar-refractivity contribution is 6.36. The topological polar surface area (TPSA) is 82.8 Å². The zero-order chi connectivity index (χ0) is 29.7. The Kier molecular flexibility index (Phi) is 7.35. The molecule has 43 heavy (non-hydrogen) atoms. The van der Waals surface area contributed by atoms with Crippen LogP contribution in [-0.4, -0.2) is 33.9 Å². The van der Waals surface area contributed by atoms with Gasteiger partial charge in [0, 0.05) is 34.8 Å². The number of aromatic nitrogens is 3. The minimum Gasteiger partial charge on any atom is -0.346 e. The summed E-state index contributed by atoms with van der Waals surface area (Å²) in [7, 11) is 0. The van der Waals surface area contributed by atoms with Crippen LogP contribution in [0.25, 0.3) is 27.9 Å². The summed E-state index contributed by atoms with van der Waals surface area (Å²) in [4.78, 5) is 32.8. The van der Waals surface area contributed by atoms with Crippen LogP contribution in [0.15, 0.2) is 71.8 Å². The molecular weight excluding hydrogens is 585 g/mol. The first-order chi connectivity index (χ1) is 20.9. The second kappa shape index (κ2) is 11.3. The van der Waals surface area contributed by atoms with E-state index in [-0.39, 0.29) is 11.5 Å². The fourth-order valence-corrected chi connectivity index (χ4v) is 6.88. The highest BCUT2D eigenvalue weighted by Gasteiger charge is 2.28. The number of aldehydes is 1. The molecule has 0 bridgehead atoms. The van der Waals surface area contributed by atoms with E-state index in [1.165, 1.54) is 21.7 Å². The van der Waals surface area contributed by atoms with E-state index in [1.807, 2.05) is 37.3 Å². The normalized spacial score (nSPS) is 16.6. The quantitative estimate of drug-likeness (QED) is 0.189. The first-order valence-corrected chi connectivity index (χ1v) is 14.9. The second-order valence-corrected chi connectivity index (χ2v) is 11.7. The van der Waals surface area contributed by atoms with Gasteiger partial charge in [-0.05, 0) is 72.6 Å². The zero-order valence-corrected chi connectivity index (χ0v) is 24.9. The molecule has 0 spiro atoms. The van der Waals surface area contributed by atoms with Crippen molar-refractivity contribution < 1.29 is 14.3 Å². The molecule has 0 radical (unpaired) electrons. The number of hydrogen-bond acceptors (Lipinski definition) is 6. The molecule has 2 aliphatic rings. The van der Waals surface area contributed by atoms with Crippen LogP contribution in [0, 0.1) is 6.92 Å². The van der Waals surface area contributed by atoms with Gasteiger partial charge in [-0.25, -0.2) is 4.98 Å². The van der Waals surface area contributed by atoms with E-state index in [2.05, 4.69) is 23.2 Å². The molecule has 1 unspecified atom stereocenters. The van der Waals surface area contributed by atoms with Gasteiger partial charge in [-0.15, -0.1) is 0 Å². The average molecular weight is 613 g/mol. The van der Waals surface area contributed by atoms with Crippen molar-refractivity contribution in [3.8, 4) is 22.3 Å². The Morgan fingerprint density at radius 2 is 1.77 bits per heavy atom. The first kappa shape index (κ1) is 27.9. The molecule has 4 heterocycles. The summed E-state index contributed by atoms with van der Waals surface area (Å²) < 4.78 is 12.7. The van der Waals surface area contributed by atoms with E-state index in [1.54, 1.807) is 12.3 Å². The van der Waals surface area contributed by atoms with Gasteiger partial charge >= 0.3 is 0 Å². The largest absolute Gasteiger partial charge is 0.346 e. The molecule has 2 aromatic carbocycles. The van der Waals surface area contributed by atoms with Crippen LogP contribution in [0.4, 0.5) is 0 Å². The maximum absolute atomic E-state index is 12.5. The predicted molar refractivity (Wildman–Crippen MR) is 166 cm³/mol. The second-order valence-electron chi connectivity index (χ2n) is 10.9. The summed E-state index contributed by atoms with van der Waals surface area (Å²) >= 11 is 13.8. The smallest absolute Gasteiger partial charge is 0.268 e. The van der Waals surface area contributed by atoms with Crippen LogP contribution in [0.5, 0.6) is 0 Å². The Bertz CT molecular complexity index is 1970. The Morgan fingerprint density at radius 1 is 1.00 bits per heavy atom. The van der Waals surface area contributed by atoms with Gasteiger partial charge in [0.1, 0.15) is 5.65 Å². The van der Waals surface area contributed by atoms with Gasteiger partial charge in [0.2, 0.25) is 0 Å². The molecule has 1 aliphatic heterocycles.